The standard InChI is InChI=1S/C12H17N3O3S2/c1-4-20(16,17)10-11(13)15-19-12(10)14-8(3)9-6-5-7(2)18-9/h5-6,8,14H,4H2,1-3H3,(H2,13,15). The first-order chi connectivity index (χ1) is 9.35. The van der Waals surface area contributed by atoms with Gasteiger partial charge in [-0.2, -0.15) is 4.37 Å². The minimum absolute atomic E-state index is 0.0153. The molecule has 0 amide bonds. The molecule has 2 aromatic rings. The van der Waals surface area contributed by atoms with Crippen molar-refractivity contribution in [3.05, 3.63) is 23.7 Å². The number of rotatable bonds is 5. The molecule has 0 aliphatic rings. The Hall–Kier alpha value is -1.54. The van der Waals surface area contributed by atoms with Gasteiger partial charge in [-0.3, -0.25) is 0 Å². The third kappa shape index (κ3) is 2.80. The average molecular weight is 315 g/mol. The quantitative estimate of drug-likeness (QED) is 0.880. The molecule has 0 spiro atoms. The van der Waals surface area contributed by atoms with Crippen molar-refractivity contribution in [1.82, 2.24) is 4.37 Å². The van der Waals surface area contributed by atoms with Crippen LogP contribution in [0, 0.1) is 6.92 Å². The number of hydrogen-bond donors (Lipinski definition) is 2. The van der Waals surface area contributed by atoms with Gasteiger partial charge in [0.05, 0.1) is 11.8 Å². The van der Waals surface area contributed by atoms with E-state index in [9.17, 15) is 8.42 Å². The van der Waals surface area contributed by atoms with Crippen molar-refractivity contribution in [2.24, 2.45) is 0 Å². The SMILES string of the molecule is CCS(=O)(=O)c1c(N)nsc1NC(C)c1ccc(C)o1. The van der Waals surface area contributed by atoms with Crippen molar-refractivity contribution >= 4 is 32.2 Å². The molecule has 0 aliphatic heterocycles. The van der Waals surface area contributed by atoms with Gasteiger partial charge >= 0.3 is 0 Å². The molecule has 2 rings (SSSR count). The van der Waals surface area contributed by atoms with Crippen molar-refractivity contribution < 1.29 is 12.8 Å². The van der Waals surface area contributed by atoms with Gasteiger partial charge in [0.25, 0.3) is 0 Å². The molecule has 2 heterocycles. The number of sulfone groups is 1. The molecule has 0 saturated carbocycles. The molecule has 6 nitrogen and oxygen atoms in total. The summed E-state index contributed by atoms with van der Waals surface area (Å²) in [6.45, 7) is 5.32. The molecule has 20 heavy (non-hydrogen) atoms. The Morgan fingerprint density at radius 3 is 2.75 bits per heavy atom. The van der Waals surface area contributed by atoms with E-state index in [1.54, 1.807) is 6.92 Å². The van der Waals surface area contributed by atoms with E-state index in [-0.39, 0.29) is 22.5 Å². The van der Waals surface area contributed by atoms with Gasteiger partial charge in [-0.25, -0.2) is 8.42 Å². The summed E-state index contributed by atoms with van der Waals surface area (Å²) in [5.41, 5.74) is 5.68. The summed E-state index contributed by atoms with van der Waals surface area (Å²) >= 11 is 1.04. The second-order valence-corrected chi connectivity index (χ2v) is 7.43. The summed E-state index contributed by atoms with van der Waals surface area (Å²) in [6, 6.07) is 3.54. The van der Waals surface area contributed by atoms with Crippen LogP contribution in [-0.2, 0) is 9.84 Å². The lowest BCUT2D eigenvalue weighted by Gasteiger charge is -2.12. The van der Waals surface area contributed by atoms with Crippen molar-refractivity contribution in [1.29, 1.82) is 0 Å². The summed E-state index contributed by atoms with van der Waals surface area (Å²) in [6.07, 6.45) is 0. The number of aromatic nitrogens is 1. The van der Waals surface area contributed by atoms with E-state index in [1.807, 2.05) is 26.0 Å². The van der Waals surface area contributed by atoms with E-state index in [4.69, 9.17) is 10.2 Å². The highest BCUT2D eigenvalue weighted by atomic mass is 32.2. The Morgan fingerprint density at radius 1 is 1.50 bits per heavy atom. The summed E-state index contributed by atoms with van der Waals surface area (Å²) in [7, 11) is -3.41. The highest BCUT2D eigenvalue weighted by Gasteiger charge is 2.25. The van der Waals surface area contributed by atoms with Gasteiger partial charge in [0, 0.05) is 0 Å². The van der Waals surface area contributed by atoms with Gasteiger partial charge in [-0.1, -0.05) is 6.92 Å². The van der Waals surface area contributed by atoms with Gasteiger partial charge in [-0.15, -0.1) is 0 Å². The minimum atomic E-state index is -3.41. The molecule has 0 bridgehead atoms. The zero-order chi connectivity index (χ0) is 14.9. The van der Waals surface area contributed by atoms with Gasteiger partial charge in [0.2, 0.25) is 0 Å². The Morgan fingerprint density at radius 2 is 2.20 bits per heavy atom. The molecule has 8 heteroatoms. The van der Waals surface area contributed by atoms with Crippen LogP contribution >= 0.6 is 11.5 Å². The lowest BCUT2D eigenvalue weighted by molar-refractivity contribution is 0.467. The monoisotopic (exact) mass is 315 g/mol. The maximum atomic E-state index is 12.0. The third-order valence-corrected chi connectivity index (χ3v) is 5.62. The molecule has 1 unspecified atom stereocenters. The first-order valence-electron chi connectivity index (χ1n) is 6.16. The van der Waals surface area contributed by atoms with Gasteiger partial charge < -0.3 is 15.5 Å². The molecule has 0 aromatic carbocycles. The van der Waals surface area contributed by atoms with Crippen molar-refractivity contribution in [3.8, 4) is 0 Å². The lowest BCUT2D eigenvalue weighted by Crippen LogP contribution is -2.11. The number of nitrogens with two attached hydrogens (primary N) is 1. The Balaban J connectivity index is 2.31. The van der Waals surface area contributed by atoms with Crippen LogP contribution in [0.5, 0.6) is 0 Å². The molecule has 0 saturated heterocycles. The van der Waals surface area contributed by atoms with E-state index in [1.165, 1.54) is 0 Å². The number of nitrogens with zero attached hydrogens (tertiary/aromatic N) is 1. The van der Waals surface area contributed by atoms with E-state index in [0.717, 1.165) is 23.1 Å². The Kier molecular flexibility index (Phi) is 4.05. The van der Waals surface area contributed by atoms with E-state index in [2.05, 4.69) is 9.69 Å². The van der Waals surface area contributed by atoms with E-state index in [0.29, 0.717) is 5.00 Å². The molecule has 3 N–H and O–H groups in total. The van der Waals surface area contributed by atoms with Crippen molar-refractivity contribution in [2.45, 2.75) is 31.7 Å². The molecule has 110 valence electrons. The van der Waals surface area contributed by atoms with Gasteiger partial charge in [0.1, 0.15) is 21.4 Å². The number of furan rings is 1. The second kappa shape index (κ2) is 5.45. The molecule has 1 atom stereocenters. The number of nitrogen functional groups attached to an aromatic ring is 1. The van der Waals surface area contributed by atoms with Crippen LogP contribution in [0.2, 0.25) is 0 Å². The number of aryl methyl sites for hydroxylation is 1. The van der Waals surface area contributed by atoms with E-state index < -0.39 is 9.84 Å². The number of hydrogen-bond acceptors (Lipinski definition) is 7. The lowest BCUT2D eigenvalue weighted by atomic mass is 10.2. The topological polar surface area (TPSA) is 98.2 Å². The molecule has 0 aliphatic carbocycles. The second-order valence-electron chi connectivity index (χ2n) is 4.44. The highest BCUT2D eigenvalue weighted by molar-refractivity contribution is 7.91. The van der Waals surface area contributed by atoms with Crippen molar-refractivity contribution in [2.75, 3.05) is 16.8 Å². The molecule has 0 fully saturated rings. The van der Waals surface area contributed by atoms with Crippen molar-refractivity contribution in [3.63, 3.8) is 0 Å². The van der Waals surface area contributed by atoms with Crippen LogP contribution < -0.4 is 11.1 Å². The smallest absolute Gasteiger partial charge is 0.184 e. The predicted molar refractivity (Wildman–Crippen MR) is 79.7 cm³/mol. The van der Waals surface area contributed by atoms with E-state index >= 15 is 0 Å². The Labute approximate surface area is 122 Å². The van der Waals surface area contributed by atoms with Crippen LogP contribution in [-0.4, -0.2) is 18.5 Å². The highest BCUT2D eigenvalue weighted by Crippen LogP contribution is 2.34. The zero-order valence-corrected chi connectivity index (χ0v) is 13.1. The largest absolute Gasteiger partial charge is 0.464 e. The fraction of sp³-hybridized carbons (Fsp3) is 0.417. The molecular formula is C12H17N3O3S2. The van der Waals surface area contributed by atoms with Crippen LogP contribution in [0.25, 0.3) is 0 Å². The average Bonchev–Trinajstić information content (AvgIpc) is 2.96. The summed E-state index contributed by atoms with van der Waals surface area (Å²) in [4.78, 5) is 0.0835. The summed E-state index contributed by atoms with van der Waals surface area (Å²) in [5, 5.41) is 3.55. The first kappa shape index (κ1) is 14.9. The first-order valence-corrected chi connectivity index (χ1v) is 8.58. The van der Waals surface area contributed by atoms with Crippen LogP contribution in [0.15, 0.2) is 21.4 Å². The minimum Gasteiger partial charge on any atom is -0.464 e. The maximum Gasteiger partial charge on any atom is 0.184 e. The number of anilines is 2. The number of nitrogens with one attached hydrogen (secondary N) is 1. The van der Waals surface area contributed by atoms with Gasteiger partial charge in [-0.05, 0) is 37.5 Å². The fourth-order valence-corrected chi connectivity index (χ4v) is 4.03. The van der Waals surface area contributed by atoms with Gasteiger partial charge in [0.15, 0.2) is 15.7 Å². The molecule has 2 aromatic heterocycles. The maximum absolute atomic E-state index is 12.0. The predicted octanol–water partition coefficient (Wildman–Crippen LogP) is 2.59. The summed E-state index contributed by atoms with van der Waals surface area (Å²) < 4.78 is 33.5. The summed E-state index contributed by atoms with van der Waals surface area (Å²) in [5.74, 6) is 1.56. The Bertz CT molecular complexity index is 703. The van der Waals surface area contributed by atoms with Crippen LogP contribution in [0.3, 0.4) is 0 Å². The fourth-order valence-electron chi connectivity index (χ4n) is 1.78. The van der Waals surface area contributed by atoms with Crippen LogP contribution in [0.4, 0.5) is 10.8 Å². The van der Waals surface area contributed by atoms with Crippen LogP contribution in [0.1, 0.15) is 31.4 Å². The normalized spacial score (nSPS) is 13.3. The molecule has 0 radical (unpaired) electrons. The third-order valence-electron chi connectivity index (χ3n) is 2.90. The zero-order valence-electron chi connectivity index (χ0n) is 11.5. The molecular weight excluding hydrogens is 298 g/mol.